The van der Waals surface area contributed by atoms with Gasteiger partial charge < -0.3 is 85.5 Å². The van der Waals surface area contributed by atoms with E-state index in [4.69, 9.17) is 0 Å². The van der Waals surface area contributed by atoms with Gasteiger partial charge in [0, 0.05) is 96.6 Å². The molecule has 0 atom stereocenters. The number of nitrogens with zero attached hydrogens (tertiary/aromatic N) is 11. The van der Waals surface area contributed by atoms with E-state index in [1.807, 2.05) is 0 Å². The molecule has 0 unspecified atom stereocenters. The van der Waals surface area contributed by atoms with Gasteiger partial charge in [-0.3, -0.25) is 0 Å². The summed E-state index contributed by atoms with van der Waals surface area (Å²) in [4.78, 5) is 17.8. The first kappa shape index (κ1) is 69.4. The molecule has 382 valence electrons. The molecule has 65 heavy (non-hydrogen) atoms. The van der Waals surface area contributed by atoms with Crippen molar-refractivity contribution < 1.29 is 143 Å². The molecule has 41 heteroatoms. The number of hydrogen-bond acceptors (Lipinski definition) is 20. The summed E-state index contributed by atoms with van der Waals surface area (Å²) in [6.07, 6.45) is 17.7. The fraction of sp³-hybridized carbons (Fsp3) is 0.667. The van der Waals surface area contributed by atoms with Gasteiger partial charge in [0.05, 0.1) is 70.1 Å². The van der Waals surface area contributed by atoms with E-state index in [0.29, 0.717) is 0 Å². The minimum Gasteiger partial charge on any atom is -1.00 e. The molecule has 0 aromatic heterocycles. The molecule has 0 N–H and O–H groups in total. The third-order valence-corrected chi connectivity index (χ3v) is 13.4. The maximum atomic E-state index is 11.4. The standard InChI is InChI=1S/2C9H16N4.3C2H3F3NO4S2.2BrH.Li/c2*1-10-3-5-12(7-10)9-13-6-4-11(2)8-13;3*1-11(7,8)6-12(9,10)2(3,4)5;;;/h2*3-6H,7-9H2,1-2H3;3*1H3;2*1H;/q;;3*-1;;;+1/p-2. The van der Waals surface area contributed by atoms with Gasteiger partial charge in [-0.15, -0.1) is 0 Å². The van der Waals surface area contributed by atoms with Gasteiger partial charge in [0.15, 0.2) is 30.1 Å². The van der Waals surface area contributed by atoms with Gasteiger partial charge in [0.2, 0.25) is 0 Å². The molecule has 0 radical (unpaired) electrons. The monoisotopic (exact) mass is 1200 g/mol. The zero-order chi connectivity index (χ0) is 49.1. The van der Waals surface area contributed by atoms with Gasteiger partial charge in [0.1, 0.15) is 0 Å². The maximum absolute atomic E-state index is 11.4. The van der Waals surface area contributed by atoms with E-state index < -0.39 is 76.7 Å². The van der Waals surface area contributed by atoms with E-state index in [1.54, 1.807) is 12.4 Å². The van der Waals surface area contributed by atoms with Crippen LogP contribution in [-0.2, 0) is 60.1 Å². The topological polar surface area (TPSA) is 273 Å². The number of hydrogen-bond donors (Lipinski definition) is 0. The average molecular weight is 1210 g/mol. The van der Waals surface area contributed by atoms with Crippen LogP contribution >= 0.6 is 0 Å². The number of alkyl halides is 9. The summed E-state index contributed by atoms with van der Waals surface area (Å²) in [6.45, 7) is 5.92. The van der Waals surface area contributed by atoms with Crippen molar-refractivity contribution in [1.82, 2.24) is 39.2 Å². The maximum Gasteiger partial charge on any atom is 1.00 e. The number of halogens is 11. The number of rotatable bonds is 10. The Bertz CT molecular complexity index is 2040. The summed E-state index contributed by atoms with van der Waals surface area (Å²) in [7, 11) is -23.1. The summed E-state index contributed by atoms with van der Waals surface area (Å²) in [6, 6.07) is 0. The van der Waals surface area contributed by atoms with Gasteiger partial charge in [-0.25, -0.2) is 50.5 Å². The van der Waals surface area contributed by atoms with Crippen molar-refractivity contribution in [2.24, 2.45) is 0 Å². The van der Waals surface area contributed by atoms with Crippen LogP contribution in [0.5, 0.6) is 0 Å². The Kier molecular flexibility index (Phi) is 28.4. The van der Waals surface area contributed by atoms with Gasteiger partial charge in [-0.2, -0.15) is 39.5 Å². The van der Waals surface area contributed by atoms with Crippen LogP contribution in [0, 0.1) is 0 Å². The summed E-state index contributed by atoms with van der Waals surface area (Å²) in [5, 5.41) is 0. The Morgan fingerprint density at radius 3 is 0.615 bits per heavy atom. The summed E-state index contributed by atoms with van der Waals surface area (Å²) >= 11 is 0. The van der Waals surface area contributed by atoms with Crippen LogP contribution in [0.15, 0.2) is 49.6 Å². The molecule has 0 saturated heterocycles. The predicted molar refractivity (Wildman–Crippen MR) is 204 cm³/mol. The molecule has 4 aliphatic heterocycles. The van der Waals surface area contributed by atoms with Crippen LogP contribution in [-0.4, -0.2) is 193 Å². The first-order valence-corrected chi connectivity index (χ1v) is 25.5. The minimum atomic E-state index is -5.92. The molecule has 0 aromatic rings. The smallest absolute Gasteiger partial charge is 1.00 e. The zero-order valence-electron chi connectivity index (χ0n) is 34.8. The average Bonchev–Trinajstić information content (AvgIpc) is 3.80. The van der Waals surface area contributed by atoms with E-state index in [-0.39, 0.29) is 71.6 Å². The van der Waals surface area contributed by atoms with E-state index in [9.17, 15) is 90.0 Å². The van der Waals surface area contributed by atoms with Crippen LogP contribution in [0.3, 0.4) is 0 Å². The summed E-state index contributed by atoms with van der Waals surface area (Å²) < 4.78 is 228. The summed E-state index contributed by atoms with van der Waals surface area (Å²) in [5.41, 5.74) is -17.0. The minimum absolute atomic E-state index is 0. The second-order valence-electron chi connectivity index (χ2n) is 12.6. The molecule has 4 aliphatic rings. The van der Waals surface area contributed by atoms with Crippen LogP contribution < -0.4 is 52.8 Å². The van der Waals surface area contributed by atoms with Crippen LogP contribution in [0.25, 0.3) is 12.4 Å². The molecule has 4 rings (SSSR count). The molecule has 0 fully saturated rings. The molecule has 0 amide bonds. The van der Waals surface area contributed by atoms with Crippen molar-refractivity contribution in [2.75, 3.05) is 87.0 Å². The van der Waals surface area contributed by atoms with Gasteiger partial charge >= 0.3 is 35.4 Å². The molecular formula is C24H41Br2F9LiN11O12S6-4. The van der Waals surface area contributed by atoms with E-state index >= 15 is 0 Å². The quantitative estimate of drug-likeness (QED) is 0.145. The largest absolute Gasteiger partial charge is 1.00 e. The van der Waals surface area contributed by atoms with Crippen molar-refractivity contribution >= 4 is 60.1 Å². The van der Waals surface area contributed by atoms with Crippen molar-refractivity contribution in [2.45, 2.75) is 16.5 Å². The fourth-order valence-electron chi connectivity index (χ4n) is 3.85. The molecule has 0 aromatic carbocycles. The van der Waals surface area contributed by atoms with Gasteiger partial charge in [-0.05, 0) is 0 Å². The predicted octanol–water partition coefficient (Wildman–Crippen LogP) is -7.89. The van der Waals surface area contributed by atoms with Gasteiger partial charge in [-0.1, -0.05) is 0 Å². The van der Waals surface area contributed by atoms with Crippen molar-refractivity contribution in [1.29, 1.82) is 0 Å². The van der Waals surface area contributed by atoms with Crippen LogP contribution in [0.4, 0.5) is 39.5 Å². The third-order valence-electron chi connectivity index (χ3n) is 6.05. The second-order valence-corrected chi connectivity index (χ2v) is 23.0. The fourth-order valence-corrected chi connectivity index (χ4v) is 9.14. The molecule has 0 saturated carbocycles. The molecule has 4 heterocycles. The third kappa shape index (κ3) is 29.4. The Labute approximate surface area is 404 Å². The SMILES string of the molecule is CN1C=CN(CN2C=CN(C)C2)C1.CN1C=CN(CN2C=CN(C)C2)C1.CS(=O)(=O)[N-]S(=O)(=O)C(F)(F)F.CS(=O)(=O)[N-]S(=O)(=O)C(F)(F)F.CS(=O)(=O)[N-]S(=O)(=O)C(F)(F)F.[Br-].[Br-].[Li+]. The number of sulfonamides is 6. The molecule has 0 bridgehead atoms. The van der Waals surface area contributed by atoms with Gasteiger partial charge in [0.25, 0.3) is 0 Å². The van der Waals surface area contributed by atoms with Crippen LogP contribution in [0.1, 0.15) is 0 Å². The Morgan fingerprint density at radius 2 is 0.538 bits per heavy atom. The van der Waals surface area contributed by atoms with Crippen molar-refractivity contribution in [3.8, 4) is 0 Å². The molecular weight excluding hydrogens is 1160 g/mol. The Morgan fingerprint density at radius 1 is 0.385 bits per heavy atom. The second kappa shape index (κ2) is 26.6. The van der Waals surface area contributed by atoms with E-state index in [1.165, 1.54) is 0 Å². The summed E-state index contributed by atoms with van der Waals surface area (Å²) in [5.74, 6) is 0. The Balaban J connectivity index is -0.000000354. The molecule has 0 spiro atoms. The van der Waals surface area contributed by atoms with Crippen molar-refractivity contribution in [3.05, 3.63) is 62.0 Å². The molecule has 0 aliphatic carbocycles. The first-order chi connectivity index (χ1) is 27.3. The zero-order valence-corrected chi connectivity index (χ0v) is 42.9. The van der Waals surface area contributed by atoms with E-state index in [0.717, 1.165) is 40.0 Å². The van der Waals surface area contributed by atoms with E-state index in [2.05, 4.69) is 117 Å². The molecule has 23 nitrogen and oxygen atoms in total. The first-order valence-electron chi connectivity index (χ1n) is 15.6. The Hall–Kier alpha value is -2.13. The van der Waals surface area contributed by atoms with Crippen molar-refractivity contribution in [3.63, 3.8) is 0 Å². The van der Waals surface area contributed by atoms with Crippen LogP contribution in [0.2, 0.25) is 0 Å². The normalized spacial score (nSPS) is 16.6.